The highest BCUT2D eigenvalue weighted by molar-refractivity contribution is 5.92. The zero-order chi connectivity index (χ0) is 18.2. The number of carbonyl (C=O) groups is 1. The number of nitrogens with zero attached hydrogens (tertiary/aromatic N) is 4. The van der Waals surface area contributed by atoms with Gasteiger partial charge >= 0.3 is 0 Å². The smallest absolute Gasteiger partial charge is 0.272 e. The van der Waals surface area contributed by atoms with E-state index in [1.54, 1.807) is 12.4 Å². The van der Waals surface area contributed by atoms with Crippen molar-refractivity contribution in [3.63, 3.8) is 0 Å². The topological polar surface area (TPSA) is 61.4 Å². The fraction of sp³-hybridized carbons (Fsp3) is 0.450. The Hall–Kier alpha value is -2.63. The summed E-state index contributed by atoms with van der Waals surface area (Å²) < 4.78 is 0. The second-order valence-corrected chi connectivity index (χ2v) is 6.53. The Morgan fingerprint density at radius 1 is 1.08 bits per heavy atom. The van der Waals surface area contributed by atoms with E-state index in [-0.39, 0.29) is 5.91 Å². The molecule has 2 aromatic heterocycles. The predicted molar refractivity (Wildman–Crippen MR) is 105 cm³/mol. The Bertz CT molecular complexity index is 681. The Morgan fingerprint density at radius 2 is 1.92 bits per heavy atom. The van der Waals surface area contributed by atoms with Gasteiger partial charge in [0.05, 0.1) is 11.9 Å². The van der Waals surface area contributed by atoms with Gasteiger partial charge in [-0.05, 0) is 30.7 Å². The first-order valence-corrected chi connectivity index (χ1v) is 9.43. The van der Waals surface area contributed by atoms with Crippen molar-refractivity contribution in [2.24, 2.45) is 0 Å². The molecule has 0 saturated carbocycles. The monoisotopic (exact) mass is 353 g/mol. The molecular formula is C20H27N5O. The number of anilines is 2. The lowest BCUT2D eigenvalue weighted by Gasteiger charge is -2.35. The fourth-order valence-electron chi connectivity index (χ4n) is 3.07. The first-order chi connectivity index (χ1) is 12.8. The molecule has 0 radical (unpaired) electrons. The normalized spacial score (nSPS) is 14.3. The summed E-state index contributed by atoms with van der Waals surface area (Å²) in [5, 5.41) is 3.35. The van der Waals surface area contributed by atoms with Gasteiger partial charge in [-0.2, -0.15) is 0 Å². The molecule has 0 aliphatic carbocycles. The van der Waals surface area contributed by atoms with Crippen molar-refractivity contribution >= 4 is 17.4 Å². The van der Waals surface area contributed by atoms with Gasteiger partial charge < -0.3 is 15.1 Å². The summed E-state index contributed by atoms with van der Waals surface area (Å²) >= 11 is 0. The summed E-state index contributed by atoms with van der Waals surface area (Å²) in [6.07, 6.45) is 7.14. The van der Waals surface area contributed by atoms with Gasteiger partial charge in [-0.3, -0.25) is 4.79 Å². The molecule has 3 rings (SSSR count). The SMILES string of the molecule is CCCCCNc1ccc(C(=O)N2CCN(c3ccccn3)CC2)nc1. The summed E-state index contributed by atoms with van der Waals surface area (Å²) in [6, 6.07) is 9.66. The number of rotatable bonds is 7. The first kappa shape index (κ1) is 18.2. The molecule has 0 atom stereocenters. The molecule has 0 aromatic carbocycles. The van der Waals surface area contributed by atoms with Crippen LogP contribution in [0.4, 0.5) is 11.5 Å². The first-order valence-electron chi connectivity index (χ1n) is 9.43. The molecule has 0 bridgehead atoms. The minimum atomic E-state index is 0.00297. The van der Waals surface area contributed by atoms with E-state index < -0.39 is 0 Å². The minimum absolute atomic E-state index is 0.00297. The van der Waals surface area contributed by atoms with E-state index in [9.17, 15) is 4.79 Å². The molecule has 0 spiro atoms. The summed E-state index contributed by atoms with van der Waals surface area (Å²) in [7, 11) is 0. The third-order valence-electron chi connectivity index (χ3n) is 4.63. The molecular weight excluding hydrogens is 326 g/mol. The lowest BCUT2D eigenvalue weighted by molar-refractivity contribution is 0.0740. The van der Waals surface area contributed by atoms with Crippen LogP contribution in [0.2, 0.25) is 0 Å². The van der Waals surface area contributed by atoms with Gasteiger partial charge in [0.2, 0.25) is 0 Å². The van der Waals surface area contributed by atoms with E-state index in [0.717, 1.165) is 37.6 Å². The van der Waals surface area contributed by atoms with Crippen molar-refractivity contribution in [3.8, 4) is 0 Å². The van der Waals surface area contributed by atoms with Crippen LogP contribution in [0, 0.1) is 0 Å². The standard InChI is InChI=1S/C20H27N5O/c1-2-3-5-10-21-17-8-9-18(23-16-17)20(26)25-14-12-24(13-15-25)19-7-4-6-11-22-19/h4,6-9,11,16,21H,2-3,5,10,12-15H2,1H3. The average Bonchev–Trinajstić information content (AvgIpc) is 2.72. The molecule has 0 unspecified atom stereocenters. The van der Waals surface area contributed by atoms with Crippen LogP contribution in [0.25, 0.3) is 0 Å². The number of pyridine rings is 2. The van der Waals surface area contributed by atoms with Crippen LogP contribution in [0.3, 0.4) is 0 Å². The molecule has 1 N–H and O–H groups in total. The van der Waals surface area contributed by atoms with Crippen molar-refractivity contribution in [1.29, 1.82) is 0 Å². The van der Waals surface area contributed by atoms with Crippen molar-refractivity contribution in [2.45, 2.75) is 26.2 Å². The minimum Gasteiger partial charge on any atom is -0.384 e. The van der Waals surface area contributed by atoms with Gasteiger partial charge in [0, 0.05) is 38.9 Å². The molecule has 1 aliphatic heterocycles. The highest BCUT2D eigenvalue weighted by Gasteiger charge is 2.23. The molecule has 6 nitrogen and oxygen atoms in total. The van der Waals surface area contributed by atoms with Crippen LogP contribution in [0.1, 0.15) is 36.7 Å². The molecule has 1 amide bonds. The zero-order valence-corrected chi connectivity index (χ0v) is 15.4. The van der Waals surface area contributed by atoms with Crippen molar-refractivity contribution in [1.82, 2.24) is 14.9 Å². The summed E-state index contributed by atoms with van der Waals surface area (Å²) in [5.74, 6) is 0.972. The number of amides is 1. The molecule has 138 valence electrons. The maximum absolute atomic E-state index is 12.7. The molecule has 6 heteroatoms. The molecule has 1 saturated heterocycles. The maximum atomic E-state index is 12.7. The second-order valence-electron chi connectivity index (χ2n) is 6.53. The molecule has 1 fully saturated rings. The number of carbonyl (C=O) groups excluding carboxylic acids is 1. The Kier molecular flexibility index (Phi) is 6.41. The van der Waals surface area contributed by atoms with Crippen LogP contribution in [-0.4, -0.2) is 53.5 Å². The van der Waals surface area contributed by atoms with Crippen LogP contribution >= 0.6 is 0 Å². The Labute approximate surface area is 155 Å². The van der Waals surface area contributed by atoms with Crippen molar-refractivity contribution < 1.29 is 4.79 Å². The van der Waals surface area contributed by atoms with E-state index in [1.807, 2.05) is 35.2 Å². The van der Waals surface area contributed by atoms with Crippen molar-refractivity contribution in [2.75, 3.05) is 42.9 Å². The number of unbranched alkanes of at least 4 members (excludes halogenated alkanes) is 2. The van der Waals surface area contributed by atoms with Gasteiger partial charge in [0.15, 0.2) is 0 Å². The van der Waals surface area contributed by atoms with E-state index >= 15 is 0 Å². The third-order valence-corrected chi connectivity index (χ3v) is 4.63. The van der Waals surface area contributed by atoms with Gasteiger partial charge in [0.1, 0.15) is 11.5 Å². The van der Waals surface area contributed by atoms with Gasteiger partial charge in [0.25, 0.3) is 5.91 Å². The highest BCUT2D eigenvalue weighted by Crippen LogP contribution is 2.15. The fourth-order valence-corrected chi connectivity index (χ4v) is 3.07. The summed E-state index contributed by atoms with van der Waals surface area (Å²) in [6.45, 7) is 6.10. The summed E-state index contributed by atoms with van der Waals surface area (Å²) in [5.41, 5.74) is 1.48. The summed E-state index contributed by atoms with van der Waals surface area (Å²) in [4.78, 5) is 25.5. The average molecular weight is 353 g/mol. The molecule has 3 heterocycles. The van der Waals surface area contributed by atoms with E-state index in [1.165, 1.54) is 12.8 Å². The number of nitrogens with one attached hydrogen (secondary N) is 1. The number of hydrogen-bond donors (Lipinski definition) is 1. The maximum Gasteiger partial charge on any atom is 0.272 e. The van der Waals surface area contributed by atoms with E-state index in [0.29, 0.717) is 18.8 Å². The van der Waals surface area contributed by atoms with Crippen LogP contribution < -0.4 is 10.2 Å². The molecule has 2 aromatic rings. The van der Waals surface area contributed by atoms with Crippen LogP contribution in [0.15, 0.2) is 42.7 Å². The highest BCUT2D eigenvalue weighted by atomic mass is 16.2. The van der Waals surface area contributed by atoms with E-state index in [2.05, 4.69) is 27.1 Å². The number of aromatic nitrogens is 2. The van der Waals surface area contributed by atoms with Crippen LogP contribution in [-0.2, 0) is 0 Å². The van der Waals surface area contributed by atoms with Gasteiger partial charge in [-0.1, -0.05) is 25.8 Å². The molecule has 1 aliphatic rings. The Balaban J connectivity index is 1.50. The largest absolute Gasteiger partial charge is 0.384 e. The lowest BCUT2D eigenvalue weighted by Crippen LogP contribution is -2.49. The number of piperazine rings is 1. The zero-order valence-electron chi connectivity index (χ0n) is 15.4. The van der Waals surface area contributed by atoms with E-state index in [4.69, 9.17) is 0 Å². The predicted octanol–water partition coefficient (Wildman–Crippen LogP) is 3.04. The van der Waals surface area contributed by atoms with Gasteiger partial charge in [-0.15, -0.1) is 0 Å². The lowest BCUT2D eigenvalue weighted by atomic mass is 10.2. The van der Waals surface area contributed by atoms with Crippen LogP contribution in [0.5, 0.6) is 0 Å². The Morgan fingerprint density at radius 3 is 2.58 bits per heavy atom. The second kappa shape index (κ2) is 9.17. The molecule has 26 heavy (non-hydrogen) atoms. The number of hydrogen-bond acceptors (Lipinski definition) is 5. The van der Waals surface area contributed by atoms with Gasteiger partial charge in [-0.25, -0.2) is 9.97 Å². The quantitative estimate of drug-likeness (QED) is 0.775. The van der Waals surface area contributed by atoms with Crippen molar-refractivity contribution in [3.05, 3.63) is 48.4 Å². The third kappa shape index (κ3) is 4.71.